The Hall–Kier alpha value is -1.21. The zero-order valence-electron chi connectivity index (χ0n) is 7.25. The Morgan fingerprint density at radius 1 is 1.36 bits per heavy atom. The van der Waals surface area contributed by atoms with Crippen molar-refractivity contribution < 1.29 is 4.21 Å². The van der Waals surface area contributed by atoms with E-state index in [2.05, 4.69) is 20.2 Å². The van der Waals surface area contributed by atoms with Crippen molar-refractivity contribution in [2.45, 2.75) is 5.16 Å². The van der Waals surface area contributed by atoms with Crippen LogP contribution >= 0.6 is 11.3 Å². The zero-order chi connectivity index (χ0) is 9.97. The molecule has 0 fully saturated rings. The minimum absolute atomic E-state index is 0.241. The number of thiazole rings is 1. The van der Waals surface area contributed by atoms with Crippen molar-refractivity contribution in [2.75, 3.05) is 6.26 Å². The molecule has 72 valence electrons. The first-order chi connectivity index (χ1) is 6.77. The highest BCUT2D eigenvalue weighted by Crippen LogP contribution is 2.17. The molecular weight excluding hydrogens is 220 g/mol. The predicted molar refractivity (Wildman–Crippen MR) is 53.3 cm³/mol. The van der Waals surface area contributed by atoms with Gasteiger partial charge in [-0.05, 0) is 0 Å². The summed E-state index contributed by atoms with van der Waals surface area (Å²) in [5, 5.41) is 10.5. The summed E-state index contributed by atoms with van der Waals surface area (Å²) in [6.45, 7) is 0. The van der Waals surface area contributed by atoms with Crippen molar-refractivity contribution in [3.63, 3.8) is 0 Å². The second-order valence-corrected chi connectivity index (χ2v) is 4.59. The molecule has 0 saturated carbocycles. The molecule has 0 amide bonds. The summed E-state index contributed by atoms with van der Waals surface area (Å²) in [5.41, 5.74) is 0.606. The third kappa shape index (κ3) is 1.83. The third-order valence-electron chi connectivity index (χ3n) is 1.45. The summed E-state index contributed by atoms with van der Waals surface area (Å²) < 4.78 is 11.0. The molecule has 7 heteroatoms. The highest BCUT2D eigenvalue weighted by atomic mass is 32.2. The number of hydrogen-bond acceptors (Lipinski definition) is 6. The summed E-state index contributed by atoms with van der Waals surface area (Å²) in [5.74, 6) is 0. The van der Waals surface area contributed by atoms with Gasteiger partial charge in [-0.1, -0.05) is 0 Å². The van der Waals surface area contributed by atoms with Crippen LogP contribution in [0.25, 0.3) is 10.7 Å². The van der Waals surface area contributed by atoms with E-state index in [0.717, 1.165) is 5.01 Å². The van der Waals surface area contributed by atoms with E-state index in [9.17, 15) is 4.21 Å². The molecule has 0 bridgehead atoms. The van der Waals surface area contributed by atoms with Crippen molar-refractivity contribution in [3.8, 4) is 10.7 Å². The Balaban J connectivity index is 2.36. The fourth-order valence-corrected chi connectivity index (χ4v) is 1.79. The van der Waals surface area contributed by atoms with Crippen LogP contribution in [0.15, 0.2) is 22.9 Å². The van der Waals surface area contributed by atoms with Gasteiger partial charge in [0.2, 0.25) is 5.16 Å². The lowest BCUT2D eigenvalue weighted by molar-refractivity contribution is 0.675. The Bertz CT molecular complexity index is 439. The normalized spacial score (nSPS) is 12.6. The summed E-state index contributed by atoms with van der Waals surface area (Å²) in [7, 11) is -1.19. The van der Waals surface area contributed by atoms with Crippen LogP contribution in [0.1, 0.15) is 0 Å². The largest absolute Gasteiger partial charge is 0.251 e. The van der Waals surface area contributed by atoms with Crippen LogP contribution in [-0.2, 0) is 10.8 Å². The number of aromatic nitrogens is 4. The van der Waals surface area contributed by atoms with Crippen LogP contribution in [-0.4, -0.2) is 30.6 Å². The standard InChI is InChI=1S/C7H6N4OS2/c1-14(12)7-9-4-5(10-11-7)6-8-2-3-13-6/h2-4H,1H3. The SMILES string of the molecule is CS(=O)c1ncc(-c2nccs2)nn1. The monoisotopic (exact) mass is 226 g/mol. The molecular formula is C7H6N4OS2. The van der Waals surface area contributed by atoms with Gasteiger partial charge in [-0.3, -0.25) is 4.21 Å². The third-order valence-corrected chi connectivity index (χ3v) is 2.95. The zero-order valence-corrected chi connectivity index (χ0v) is 8.88. The van der Waals surface area contributed by atoms with E-state index in [-0.39, 0.29) is 5.16 Å². The highest BCUT2D eigenvalue weighted by molar-refractivity contribution is 7.84. The first-order valence-electron chi connectivity index (χ1n) is 3.70. The molecule has 14 heavy (non-hydrogen) atoms. The summed E-state index contributed by atoms with van der Waals surface area (Å²) in [4.78, 5) is 7.99. The molecule has 5 nitrogen and oxygen atoms in total. The second kappa shape index (κ2) is 3.89. The topological polar surface area (TPSA) is 68.6 Å². The smallest absolute Gasteiger partial charge is 0.239 e. The molecule has 0 aromatic carbocycles. The van der Waals surface area contributed by atoms with E-state index >= 15 is 0 Å². The van der Waals surface area contributed by atoms with Gasteiger partial charge in [0, 0.05) is 17.8 Å². The summed E-state index contributed by atoms with van der Waals surface area (Å²) >= 11 is 1.46. The van der Waals surface area contributed by atoms with Crippen LogP contribution in [0.2, 0.25) is 0 Å². The second-order valence-electron chi connectivity index (χ2n) is 2.42. The molecule has 0 aliphatic heterocycles. The van der Waals surface area contributed by atoms with E-state index in [4.69, 9.17) is 0 Å². The summed E-state index contributed by atoms with van der Waals surface area (Å²) in [6, 6.07) is 0. The van der Waals surface area contributed by atoms with Crippen molar-refractivity contribution in [3.05, 3.63) is 17.8 Å². The van der Waals surface area contributed by atoms with E-state index in [1.165, 1.54) is 23.8 Å². The molecule has 1 atom stereocenters. The van der Waals surface area contributed by atoms with Gasteiger partial charge in [-0.2, -0.15) is 0 Å². The van der Waals surface area contributed by atoms with E-state index in [0.29, 0.717) is 5.69 Å². The van der Waals surface area contributed by atoms with Gasteiger partial charge in [-0.25, -0.2) is 9.97 Å². The van der Waals surface area contributed by atoms with Gasteiger partial charge < -0.3 is 0 Å². The molecule has 2 aromatic rings. The number of nitrogens with zero attached hydrogens (tertiary/aromatic N) is 4. The van der Waals surface area contributed by atoms with Crippen molar-refractivity contribution in [1.29, 1.82) is 0 Å². The quantitative estimate of drug-likeness (QED) is 0.755. The summed E-state index contributed by atoms with van der Waals surface area (Å²) in [6.07, 6.45) is 4.73. The lowest BCUT2D eigenvalue weighted by atomic mass is 10.5. The van der Waals surface area contributed by atoms with Crippen LogP contribution in [0.3, 0.4) is 0 Å². The van der Waals surface area contributed by atoms with Gasteiger partial charge in [-0.15, -0.1) is 21.5 Å². The minimum atomic E-state index is -1.19. The van der Waals surface area contributed by atoms with Crippen LogP contribution < -0.4 is 0 Å². The maximum atomic E-state index is 11.0. The Morgan fingerprint density at radius 3 is 2.71 bits per heavy atom. The minimum Gasteiger partial charge on any atom is -0.251 e. The fourth-order valence-electron chi connectivity index (χ4n) is 0.844. The molecule has 0 saturated heterocycles. The number of rotatable bonds is 2. The maximum Gasteiger partial charge on any atom is 0.239 e. The molecule has 2 rings (SSSR count). The molecule has 0 aliphatic rings. The Kier molecular flexibility index (Phi) is 2.60. The Labute approximate surface area is 86.7 Å². The van der Waals surface area contributed by atoms with Crippen molar-refractivity contribution >= 4 is 22.1 Å². The van der Waals surface area contributed by atoms with Crippen LogP contribution in [0.5, 0.6) is 0 Å². The highest BCUT2D eigenvalue weighted by Gasteiger charge is 2.05. The van der Waals surface area contributed by atoms with Gasteiger partial charge in [0.05, 0.1) is 17.0 Å². The molecule has 1 unspecified atom stereocenters. The maximum absolute atomic E-state index is 11.0. The van der Waals surface area contributed by atoms with Crippen molar-refractivity contribution in [1.82, 2.24) is 20.2 Å². The Morgan fingerprint density at radius 2 is 2.21 bits per heavy atom. The number of hydrogen-bond donors (Lipinski definition) is 0. The van der Waals surface area contributed by atoms with Crippen LogP contribution in [0.4, 0.5) is 0 Å². The molecule has 0 N–H and O–H groups in total. The van der Waals surface area contributed by atoms with E-state index < -0.39 is 10.8 Å². The molecule has 2 heterocycles. The average molecular weight is 226 g/mol. The van der Waals surface area contributed by atoms with Crippen LogP contribution in [0, 0.1) is 0 Å². The fraction of sp³-hybridized carbons (Fsp3) is 0.143. The first kappa shape index (κ1) is 9.35. The van der Waals surface area contributed by atoms with E-state index in [1.807, 2.05) is 5.38 Å². The van der Waals surface area contributed by atoms with Gasteiger partial charge in [0.25, 0.3) is 0 Å². The lowest BCUT2D eigenvalue weighted by Crippen LogP contribution is -1.99. The predicted octanol–water partition coefficient (Wildman–Crippen LogP) is 0.733. The van der Waals surface area contributed by atoms with Gasteiger partial charge in [0.15, 0.2) is 0 Å². The van der Waals surface area contributed by atoms with Gasteiger partial charge >= 0.3 is 0 Å². The molecule has 0 radical (unpaired) electrons. The molecule has 0 spiro atoms. The average Bonchev–Trinajstić information content (AvgIpc) is 2.71. The molecule has 2 aromatic heterocycles. The molecule has 0 aliphatic carbocycles. The van der Waals surface area contributed by atoms with Gasteiger partial charge in [0.1, 0.15) is 10.7 Å². The van der Waals surface area contributed by atoms with Crippen molar-refractivity contribution in [2.24, 2.45) is 0 Å². The first-order valence-corrected chi connectivity index (χ1v) is 6.14. The lowest BCUT2D eigenvalue weighted by Gasteiger charge is -1.94. The van der Waals surface area contributed by atoms with E-state index in [1.54, 1.807) is 6.20 Å².